The van der Waals surface area contributed by atoms with E-state index in [9.17, 15) is 12.8 Å². The fourth-order valence-electron chi connectivity index (χ4n) is 3.32. The van der Waals surface area contributed by atoms with Crippen LogP contribution in [0.5, 0.6) is 11.5 Å². The maximum Gasteiger partial charge on any atom is 0.246 e. The normalized spacial score (nSPS) is 15.6. The van der Waals surface area contributed by atoms with Crippen molar-refractivity contribution >= 4 is 10.0 Å². The maximum atomic E-state index is 14.7. The Morgan fingerprint density at radius 2 is 1.72 bits per heavy atom. The van der Waals surface area contributed by atoms with Gasteiger partial charge in [0.2, 0.25) is 10.0 Å². The number of sulfonamides is 1. The quantitative estimate of drug-likeness (QED) is 0.473. The van der Waals surface area contributed by atoms with E-state index < -0.39 is 15.8 Å². The smallest absolute Gasteiger partial charge is 0.246 e. The monoisotopic (exact) mass is 432 g/mol. The molecule has 1 saturated heterocycles. The highest BCUT2D eigenvalue weighted by molar-refractivity contribution is 7.89. The Kier molecular flexibility index (Phi) is 9.61. The molecule has 166 valence electrons. The van der Waals surface area contributed by atoms with Crippen molar-refractivity contribution < 1.29 is 27.0 Å². The largest absolute Gasteiger partial charge is 0.493 e. The van der Waals surface area contributed by atoms with Gasteiger partial charge in [-0.2, -0.15) is 4.31 Å². The molecule has 0 spiro atoms. The van der Waals surface area contributed by atoms with Crippen molar-refractivity contribution in [1.29, 1.82) is 0 Å². The highest BCUT2D eigenvalue weighted by atomic mass is 32.2. The number of unbranched alkanes of at least 4 members (excludes halogenated alkanes) is 3. The van der Waals surface area contributed by atoms with Crippen molar-refractivity contribution in [3.63, 3.8) is 0 Å². The summed E-state index contributed by atoms with van der Waals surface area (Å²) in [4.78, 5) is 1.79. The van der Waals surface area contributed by atoms with Crippen molar-refractivity contribution in [1.82, 2.24) is 9.21 Å². The SMILES string of the molecule is CCCCCCN(CCN1CCOCC1)S(=O)(=O)c1cc(OC)c(OC)cc1F. The van der Waals surface area contributed by atoms with Gasteiger partial charge in [0.25, 0.3) is 0 Å². The molecule has 0 aliphatic carbocycles. The summed E-state index contributed by atoms with van der Waals surface area (Å²) in [5, 5.41) is 0. The first kappa shape index (κ1) is 23.9. The van der Waals surface area contributed by atoms with Gasteiger partial charge in [-0.1, -0.05) is 26.2 Å². The first-order valence-corrected chi connectivity index (χ1v) is 11.6. The van der Waals surface area contributed by atoms with E-state index in [1.807, 2.05) is 0 Å². The Morgan fingerprint density at radius 3 is 2.34 bits per heavy atom. The number of hydrogen-bond acceptors (Lipinski definition) is 6. The lowest BCUT2D eigenvalue weighted by molar-refractivity contribution is 0.0362. The number of benzene rings is 1. The van der Waals surface area contributed by atoms with E-state index in [0.717, 1.165) is 44.8 Å². The number of morpholine rings is 1. The van der Waals surface area contributed by atoms with Crippen LogP contribution in [0.25, 0.3) is 0 Å². The van der Waals surface area contributed by atoms with Gasteiger partial charge in [-0.25, -0.2) is 12.8 Å². The molecule has 7 nitrogen and oxygen atoms in total. The Hall–Kier alpha value is -1.42. The second kappa shape index (κ2) is 11.7. The average molecular weight is 433 g/mol. The van der Waals surface area contributed by atoms with E-state index in [1.54, 1.807) is 0 Å². The number of rotatable bonds is 12. The molecule has 2 rings (SSSR count). The zero-order chi connectivity index (χ0) is 21.3. The zero-order valence-electron chi connectivity index (χ0n) is 17.7. The van der Waals surface area contributed by atoms with E-state index in [4.69, 9.17) is 14.2 Å². The van der Waals surface area contributed by atoms with Crippen molar-refractivity contribution in [2.24, 2.45) is 0 Å². The van der Waals surface area contributed by atoms with E-state index >= 15 is 0 Å². The maximum absolute atomic E-state index is 14.7. The topological polar surface area (TPSA) is 68.3 Å². The minimum atomic E-state index is -4.01. The molecule has 0 unspecified atom stereocenters. The molecular weight excluding hydrogens is 399 g/mol. The fraction of sp³-hybridized carbons (Fsp3) is 0.700. The Morgan fingerprint density at radius 1 is 1.07 bits per heavy atom. The second-order valence-electron chi connectivity index (χ2n) is 7.06. The van der Waals surface area contributed by atoms with Crippen molar-refractivity contribution in [2.45, 2.75) is 37.5 Å². The van der Waals surface area contributed by atoms with Gasteiger partial charge in [-0.15, -0.1) is 0 Å². The molecule has 0 atom stereocenters. The van der Waals surface area contributed by atoms with Gasteiger partial charge in [-0.3, -0.25) is 4.90 Å². The van der Waals surface area contributed by atoms with Crippen LogP contribution in [0.2, 0.25) is 0 Å². The Bertz CT molecular complexity index is 739. The summed E-state index contributed by atoms with van der Waals surface area (Å²) in [5.41, 5.74) is 0. The first-order valence-electron chi connectivity index (χ1n) is 10.2. The Labute approximate surface area is 173 Å². The van der Waals surface area contributed by atoms with Gasteiger partial charge in [0.15, 0.2) is 11.5 Å². The second-order valence-corrected chi connectivity index (χ2v) is 8.96. The molecule has 1 aliphatic rings. The molecule has 0 saturated carbocycles. The summed E-state index contributed by atoms with van der Waals surface area (Å²) in [7, 11) is -1.23. The minimum Gasteiger partial charge on any atom is -0.493 e. The molecule has 0 N–H and O–H groups in total. The van der Waals surface area contributed by atoms with Crippen LogP contribution in [0, 0.1) is 5.82 Å². The number of methoxy groups -OCH3 is 2. The van der Waals surface area contributed by atoms with Crippen LogP contribution in [-0.4, -0.2) is 77.8 Å². The molecule has 9 heteroatoms. The zero-order valence-corrected chi connectivity index (χ0v) is 18.5. The van der Waals surface area contributed by atoms with Gasteiger partial charge >= 0.3 is 0 Å². The van der Waals surface area contributed by atoms with E-state index in [2.05, 4.69) is 11.8 Å². The Balaban J connectivity index is 2.23. The molecule has 1 aromatic carbocycles. The lowest BCUT2D eigenvalue weighted by atomic mass is 10.2. The third-order valence-corrected chi connectivity index (χ3v) is 7.00. The molecule has 1 heterocycles. The third-order valence-electron chi connectivity index (χ3n) is 5.09. The molecular formula is C20H33FN2O5S. The van der Waals surface area contributed by atoms with Gasteiger partial charge in [0.1, 0.15) is 10.7 Å². The van der Waals surface area contributed by atoms with Gasteiger partial charge in [-0.05, 0) is 6.42 Å². The molecule has 0 bridgehead atoms. The summed E-state index contributed by atoms with van der Waals surface area (Å²) in [6.45, 7) is 6.20. The van der Waals surface area contributed by atoms with E-state index in [1.165, 1.54) is 24.6 Å². The molecule has 1 aliphatic heterocycles. The number of nitrogens with zero attached hydrogens (tertiary/aromatic N) is 2. The molecule has 1 fully saturated rings. The summed E-state index contributed by atoms with van der Waals surface area (Å²) < 4.78 is 58.3. The first-order chi connectivity index (χ1) is 13.9. The highest BCUT2D eigenvalue weighted by Crippen LogP contribution is 2.33. The van der Waals surface area contributed by atoms with Crippen LogP contribution in [0.15, 0.2) is 17.0 Å². The number of halogens is 1. The minimum absolute atomic E-state index is 0.159. The van der Waals surface area contributed by atoms with E-state index in [0.29, 0.717) is 32.8 Å². The molecule has 29 heavy (non-hydrogen) atoms. The number of ether oxygens (including phenoxy) is 3. The highest BCUT2D eigenvalue weighted by Gasteiger charge is 2.29. The molecule has 1 aromatic rings. The lowest BCUT2D eigenvalue weighted by Crippen LogP contribution is -2.43. The molecule has 0 amide bonds. The molecule has 0 aromatic heterocycles. The van der Waals surface area contributed by atoms with Crippen LogP contribution >= 0.6 is 0 Å². The van der Waals surface area contributed by atoms with Gasteiger partial charge in [0.05, 0.1) is 27.4 Å². The van der Waals surface area contributed by atoms with Crippen LogP contribution in [0.4, 0.5) is 4.39 Å². The lowest BCUT2D eigenvalue weighted by Gasteiger charge is -2.30. The van der Waals surface area contributed by atoms with E-state index in [-0.39, 0.29) is 16.4 Å². The average Bonchev–Trinajstić information content (AvgIpc) is 2.73. The fourth-order valence-corrected chi connectivity index (χ4v) is 4.85. The van der Waals surface area contributed by atoms with Crippen LogP contribution in [0.1, 0.15) is 32.6 Å². The van der Waals surface area contributed by atoms with Crippen molar-refractivity contribution in [3.8, 4) is 11.5 Å². The van der Waals surface area contributed by atoms with Crippen LogP contribution in [-0.2, 0) is 14.8 Å². The van der Waals surface area contributed by atoms with Gasteiger partial charge in [0, 0.05) is 44.9 Å². The summed E-state index contributed by atoms with van der Waals surface area (Å²) in [6.07, 6.45) is 3.78. The summed E-state index contributed by atoms with van der Waals surface area (Å²) in [5.74, 6) is -0.495. The van der Waals surface area contributed by atoms with Crippen LogP contribution < -0.4 is 9.47 Å². The predicted molar refractivity (Wildman–Crippen MR) is 110 cm³/mol. The summed E-state index contributed by atoms with van der Waals surface area (Å²) in [6, 6.07) is 2.26. The molecule has 0 radical (unpaired) electrons. The van der Waals surface area contributed by atoms with Crippen molar-refractivity contribution in [2.75, 3.05) is 60.2 Å². The predicted octanol–water partition coefficient (Wildman–Crippen LogP) is 2.75. The van der Waals surface area contributed by atoms with Gasteiger partial charge < -0.3 is 14.2 Å². The van der Waals surface area contributed by atoms with Crippen molar-refractivity contribution in [3.05, 3.63) is 17.9 Å². The number of hydrogen-bond donors (Lipinski definition) is 0. The third kappa shape index (κ3) is 6.53. The summed E-state index contributed by atoms with van der Waals surface area (Å²) >= 11 is 0. The standard InChI is InChI=1S/C20H33FN2O5S/c1-4-5-6-7-8-23(10-9-22-11-13-28-14-12-22)29(24,25)20-16-19(27-3)18(26-2)15-17(20)21/h15-16H,4-14H2,1-3H3. The van der Waals surface area contributed by atoms with Crippen LogP contribution in [0.3, 0.4) is 0 Å².